The molecule has 192 valence electrons. The summed E-state index contributed by atoms with van der Waals surface area (Å²) in [5.74, 6) is -0.123. The van der Waals surface area contributed by atoms with Crippen molar-refractivity contribution in [2.45, 2.75) is 25.7 Å². The number of aromatic amines is 2. The second kappa shape index (κ2) is 9.47. The molecule has 1 fully saturated rings. The van der Waals surface area contributed by atoms with Crippen LogP contribution in [0.5, 0.6) is 0 Å². The van der Waals surface area contributed by atoms with Gasteiger partial charge in [0.1, 0.15) is 17.2 Å². The average molecular weight is 517 g/mol. The van der Waals surface area contributed by atoms with E-state index in [4.69, 9.17) is 0 Å². The molecule has 2 aromatic carbocycles. The van der Waals surface area contributed by atoms with Crippen LogP contribution in [0.25, 0.3) is 55.6 Å². The molecule has 1 saturated carbocycles. The first-order valence-corrected chi connectivity index (χ1v) is 13.1. The maximum absolute atomic E-state index is 14.6. The molecule has 4 aromatic heterocycles. The quantitative estimate of drug-likeness (QED) is 0.227. The zero-order valence-corrected chi connectivity index (χ0v) is 21.0. The number of H-pyrrole nitrogens is 2. The molecule has 0 atom stereocenters. The van der Waals surface area contributed by atoms with Gasteiger partial charge in [0.2, 0.25) is 5.91 Å². The molecule has 7 rings (SSSR count). The SMILES string of the molecule is O=C(Nc1cncc(-c2ccc3[nH]nc(-c4cc5c(-c6ccccc6F)ccnc5[nH]4)c3c2)c1)C1CCCC1. The van der Waals surface area contributed by atoms with Gasteiger partial charge in [-0.05, 0) is 60.4 Å². The molecule has 7 nitrogen and oxygen atoms in total. The number of fused-ring (bicyclic) bond motifs is 2. The van der Waals surface area contributed by atoms with Crippen molar-refractivity contribution in [3.05, 3.63) is 85.1 Å². The van der Waals surface area contributed by atoms with E-state index < -0.39 is 0 Å². The van der Waals surface area contributed by atoms with Gasteiger partial charge < -0.3 is 10.3 Å². The van der Waals surface area contributed by atoms with Crippen molar-refractivity contribution >= 4 is 33.5 Å². The van der Waals surface area contributed by atoms with Gasteiger partial charge in [0.15, 0.2) is 0 Å². The second-order valence-corrected chi connectivity index (χ2v) is 10.0. The Kier molecular flexibility index (Phi) is 5.65. The van der Waals surface area contributed by atoms with E-state index in [-0.39, 0.29) is 17.6 Å². The fourth-order valence-corrected chi connectivity index (χ4v) is 5.57. The van der Waals surface area contributed by atoms with Crippen LogP contribution in [-0.4, -0.2) is 31.1 Å². The van der Waals surface area contributed by atoms with Gasteiger partial charge in [0.05, 0.1) is 23.1 Å². The van der Waals surface area contributed by atoms with Gasteiger partial charge >= 0.3 is 0 Å². The molecule has 0 radical (unpaired) electrons. The molecule has 1 aliphatic rings. The van der Waals surface area contributed by atoms with Gasteiger partial charge in [-0.15, -0.1) is 0 Å². The van der Waals surface area contributed by atoms with Crippen LogP contribution < -0.4 is 5.32 Å². The molecule has 39 heavy (non-hydrogen) atoms. The van der Waals surface area contributed by atoms with E-state index in [0.717, 1.165) is 70.1 Å². The molecule has 4 heterocycles. The van der Waals surface area contributed by atoms with Crippen LogP contribution in [-0.2, 0) is 4.79 Å². The normalized spacial score (nSPS) is 13.9. The molecule has 1 amide bonds. The first kappa shape index (κ1) is 23.3. The Morgan fingerprint density at radius 3 is 2.67 bits per heavy atom. The van der Waals surface area contributed by atoms with Gasteiger partial charge in [-0.1, -0.05) is 37.1 Å². The Labute approximate surface area is 223 Å². The Bertz CT molecular complexity index is 1850. The third-order valence-electron chi connectivity index (χ3n) is 7.58. The number of anilines is 1. The lowest BCUT2D eigenvalue weighted by Gasteiger charge is -2.11. The molecule has 0 bridgehead atoms. The van der Waals surface area contributed by atoms with Crippen LogP contribution in [0.1, 0.15) is 25.7 Å². The third kappa shape index (κ3) is 4.24. The van der Waals surface area contributed by atoms with Gasteiger partial charge in [-0.25, -0.2) is 9.37 Å². The maximum Gasteiger partial charge on any atom is 0.227 e. The van der Waals surface area contributed by atoms with E-state index in [1.165, 1.54) is 6.07 Å². The lowest BCUT2D eigenvalue weighted by atomic mass is 10.0. The van der Waals surface area contributed by atoms with Crippen LogP contribution in [0.2, 0.25) is 0 Å². The predicted molar refractivity (Wildman–Crippen MR) is 150 cm³/mol. The fourth-order valence-electron chi connectivity index (χ4n) is 5.57. The summed E-state index contributed by atoms with van der Waals surface area (Å²) in [5.41, 5.74) is 6.90. The summed E-state index contributed by atoms with van der Waals surface area (Å²) in [6, 6.07) is 18.5. The minimum Gasteiger partial charge on any atom is -0.338 e. The highest BCUT2D eigenvalue weighted by molar-refractivity contribution is 6.01. The summed E-state index contributed by atoms with van der Waals surface area (Å²) < 4.78 is 14.6. The Balaban J connectivity index is 1.25. The molecule has 3 N–H and O–H groups in total. The zero-order chi connectivity index (χ0) is 26.3. The monoisotopic (exact) mass is 516 g/mol. The van der Waals surface area contributed by atoms with Crippen molar-refractivity contribution in [2.24, 2.45) is 5.92 Å². The van der Waals surface area contributed by atoms with Crippen molar-refractivity contribution in [1.82, 2.24) is 25.1 Å². The van der Waals surface area contributed by atoms with Crippen molar-refractivity contribution in [2.75, 3.05) is 5.32 Å². The minimum atomic E-state index is -0.280. The number of nitrogens with one attached hydrogen (secondary N) is 3. The van der Waals surface area contributed by atoms with Crippen LogP contribution in [0, 0.1) is 11.7 Å². The topological polar surface area (TPSA) is 99.3 Å². The Morgan fingerprint density at radius 2 is 1.79 bits per heavy atom. The summed E-state index contributed by atoms with van der Waals surface area (Å²) in [4.78, 5) is 24.8. The first-order chi connectivity index (χ1) is 19.1. The van der Waals surface area contributed by atoms with E-state index in [1.54, 1.807) is 30.7 Å². The molecule has 8 heteroatoms. The molecular weight excluding hydrogens is 491 g/mol. The number of halogens is 1. The fraction of sp³-hybridized carbons (Fsp3) is 0.161. The number of nitrogens with zero attached hydrogens (tertiary/aromatic N) is 3. The van der Waals surface area contributed by atoms with Crippen molar-refractivity contribution in [1.29, 1.82) is 0 Å². The highest BCUT2D eigenvalue weighted by Gasteiger charge is 2.23. The minimum absolute atomic E-state index is 0.0706. The summed E-state index contributed by atoms with van der Waals surface area (Å²) in [6.07, 6.45) is 9.27. The van der Waals surface area contributed by atoms with E-state index in [1.807, 2.05) is 36.4 Å². The number of pyridine rings is 2. The number of aromatic nitrogens is 5. The lowest BCUT2D eigenvalue weighted by Crippen LogP contribution is -2.20. The molecule has 6 aromatic rings. The van der Waals surface area contributed by atoms with Crippen LogP contribution in [0.4, 0.5) is 10.1 Å². The average Bonchev–Trinajstić information content (AvgIpc) is 3.73. The number of benzene rings is 2. The predicted octanol–water partition coefficient (Wildman–Crippen LogP) is 7.10. The van der Waals surface area contributed by atoms with E-state index in [9.17, 15) is 9.18 Å². The summed E-state index contributed by atoms with van der Waals surface area (Å²) >= 11 is 0. The van der Waals surface area contributed by atoms with E-state index >= 15 is 0 Å². The van der Waals surface area contributed by atoms with Crippen molar-refractivity contribution in [3.8, 4) is 33.6 Å². The Hall–Kier alpha value is -4.85. The smallest absolute Gasteiger partial charge is 0.227 e. The largest absolute Gasteiger partial charge is 0.338 e. The number of amides is 1. The highest BCUT2D eigenvalue weighted by Crippen LogP contribution is 2.35. The van der Waals surface area contributed by atoms with Crippen molar-refractivity contribution in [3.63, 3.8) is 0 Å². The van der Waals surface area contributed by atoms with Crippen LogP contribution in [0.15, 0.2) is 79.3 Å². The van der Waals surface area contributed by atoms with E-state index in [2.05, 4.69) is 36.5 Å². The first-order valence-electron chi connectivity index (χ1n) is 13.1. The molecule has 0 aliphatic heterocycles. The second-order valence-electron chi connectivity index (χ2n) is 10.0. The maximum atomic E-state index is 14.6. The number of carbonyl (C=O) groups is 1. The Morgan fingerprint density at radius 1 is 0.923 bits per heavy atom. The number of rotatable bonds is 5. The highest BCUT2D eigenvalue weighted by atomic mass is 19.1. The summed E-state index contributed by atoms with van der Waals surface area (Å²) in [7, 11) is 0. The van der Waals surface area contributed by atoms with Gasteiger partial charge in [-0.2, -0.15) is 5.10 Å². The standard InChI is InChI=1S/C31H25FN6O/c32-26-8-4-3-7-23(26)22-11-12-34-30-24(22)15-28(36-30)29-25-14-19(9-10-27(25)37-38-29)20-13-21(17-33-16-20)35-31(39)18-5-1-2-6-18/h3-4,7-18H,1-2,5-6H2,(H,34,36)(H,35,39)(H,37,38). The summed E-state index contributed by atoms with van der Waals surface area (Å²) in [5, 5.41) is 12.5. The lowest BCUT2D eigenvalue weighted by molar-refractivity contribution is -0.119. The molecule has 1 aliphatic carbocycles. The zero-order valence-electron chi connectivity index (χ0n) is 21.0. The van der Waals surface area contributed by atoms with Crippen LogP contribution >= 0.6 is 0 Å². The molecular formula is C31H25FN6O. The van der Waals surface area contributed by atoms with Crippen molar-refractivity contribution < 1.29 is 9.18 Å². The van der Waals surface area contributed by atoms with Gasteiger partial charge in [0, 0.05) is 40.2 Å². The van der Waals surface area contributed by atoms with Gasteiger partial charge in [0.25, 0.3) is 0 Å². The molecule has 0 spiro atoms. The third-order valence-corrected chi connectivity index (χ3v) is 7.58. The summed E-state index contributed by atoms with van der Waals surface area (Å²) in [6.45, 7) is 0. The molecule has 0 saturated heterocycles. The molecule has 0 unspecified atom stereocenters. The van der Waals surface area contributed by atoms with E-state index in [0.29, 0.717) is 16.9 Å². The van der Waals surface area contributed by atoms with Gasteiger partial charge in [-0.3, -0.25) is 14.9 Å². The number of hydrogen-bond donors (Lipinski definition) is 3. The number of hydrogen-bond acceptors (Lipinski definition) is 4. The van der Waals surface area contributed by atoms with Crippen LogP contribution in [0.3, 0.4) is 0 Å². The number of carbonyl (C=O) groups excluding carboxylic acids is 1.